The van der Waals surface area contributed by atoms with Crippen molar-refractivity contribution in [3.8, 4) is 0 Å². The van der Waals surface area contributed by atoms with Crippen molar-refractivity contribution >= 4 is 23.3 Å². The first-order chi connectivity index (χ1) is 17.0. The molecular weight excluding hydrogens is 463 g/mol. The van der Waals surface area contributed by atoms with E-state index in [4.69, 9.17) is 0 Å². The average Bonchev–Trinajstić information content (AvgIpc) is 3.19. The minimum absolute atomic E-state index is 0.284. The Bertz CT molecular complexity index is 1220. The maximum atomic E-state index is 13.7. The highest BCUT2D eigenvalue weighted by Crippen LogP contribution is 2.48. The van der Waals surface area contributed by atoms with E-state index in [1.807, 2.05) is 44.1 Å². The Kier molecular flexibility index (Phi) is 5.62. The fourth-order valence-electron chi connectivity index (χ4n) is 5.63. The number of ketones is 1. The summed E-state index contributed by atoms with van der Waals surface area (Å²) in [6.07, 6.45) is 4.85. The van der Waals surface area contributed by atoms with E-state index < -0.39 is 28.7 Å². The first-order valence-electron chi connectivity index (χ1n) is 12.4. The van der Waals surface area contributed by atoms with E-state index in [1.165, 1.54) is 12.1 Å². The molecule has 9 nitrogen and oxygen atoms in total. The number of hydrogen-bond donors (Lipinski definition) is 3. The normalized spacial score (nSPS) is 26.5. The Hall–Kier alpha value is -3.40. The quantitative estimate of drug-likeness (QED) is 0.520. The Labute approximate surface area is 210 Å². The van der Waals surface area contributed by atoms with Crippen LogP contribution >= 0.6 is 0 Å². The Morgan fingerprint density at radius 2 is 1.92 bits per heavy atom. The number of carbonyl (C=O) groups is 3. The number of hydrazine groups is 2. The topological polar surface area (TPSA) is 97.0 Å². The second-order valence-corrected chi connectivity index (χ2v) is 10.5. The molecule has 2 amide bonds. The number of benzene rings is 1. The van der Waals surface area contributed by atoms with Crippen molar-refractivity contribution in [2.24, 2.45) is 5.92 Å². The number of anilines is 1. The number of carbonyl (C=O) groups excluding carboxylic acids is 3. The molecule has 0 aromatic heterocycles. The smallest absolute Gasteiger partial charge is 0.292 e. The molecule has 2 atom stereocenters. The summed E-state index contributed by atoms with van der Waals surface area (Å²) in [6.45, 7) is 5.91. The summed E-state index contributed by atoms with van der Waals surface area (Å²) >= 11 is 0. The lowest BCUT2D eigenvalue weighted by atomic mass is 9.81. The highest BCUT2D eigenvalue weighted by molar-refractivity contribution is 6.43. The van der Waals surface area contributed by atoms with Crippen LogP contribution in [0.1, 0.15) is 45.1 Å². The monoisotopic (exact) mass is 496 g/mol. The summed E-state index contributed by atoms with van der Waals surface area (Å²) in [5, 5.41) is 9.55. The number of hydrogen-bond acceptors (Lipinski definition) is 7. The van der Waals surface area contributed by atoms with Crippen LogP contribution in [0.2, 0.25) is 0 Å². The van der Waals surface area contributed by atoms with E-state index in [-0.39, 0.29) is 11.7 Å². The van der Waals surface area contributed by atoms with Gasteiger partial charge in [0.1, 0.15) is 11.4 Å². The van der Waals surface area contributed by atoms with Crippen LogP contribution in [0.3, 0.4) is 0 Å². The lowest BCUT2D eigenvalue weighted by Gasteiger charge is -2.38. The lowest BCUT2D eigenvalue weighted by molar-refractivity contribution is -0.136. The van der Waals surface area contributed by atoms with Crippen LogP contribution in [0.4, 0.5) is 10.1 Å². The molecule has 1 saturated carbocycles. The van der Waals surface area contributed by atoms with Gasteiger partial charge in [0.25, 0.3) is 11.8 Å². The van der Waals surface area contributed by atoms with Crippen molar-refractivity contribution in [2.45, 2.75) is 57.5 Å². The minimum Gasteiger partial charge on any atom is -0.360 e. The molecule has 0 spiro atoms. The van der Waals surface area contributed by atoms with E-state index >= 15 is 0 Å². The SMILES string of the molecule is Cc1cc(NC(=O)C2(C)C(C)C(C(=O)C(=O)NC3(C4=CN(C)N(C)N4)CC3)=C3CCCN32)ccc1F. The van der Waals surface area contributed by atoms with Gasteiger partial charge >= 0.3 is 0 Å². The maximum Gasteiger partial charge on any atom is 0.292 e. The van der Waals surface area contributed by atoms with Gasteiger partial charge in [-0.15, -0.1) is 5.12 Å². The van der Waals surface area contributed by atoms with Crippen LogP contribution < -0.4 is 16.1 Å². The zero-order valence-electron chi connectivity index (χ0n) is 21.4. The number of nitrogens with zero attached hydrogens (tertiary/aromatic N) is 3. The number of Topliss-reactive ketones (excluding diaryl/α,β-unsaturated/α-hetero) is 1. The summed E-state index contributed by atoms with van der Waals surface area (Å²) < 4.78 is 13.7. The van der Waals surface area contributed by atoms with Crippen molar-refractivity contribution in [1.29, 1.82) is 0 Å². The molecule has 3 aliphatic heterocycles. The molecule has 192 valence electrons. The molecule has 4 aliphatic rings. The number of allylic oxidation sites excluding steroid dienone is 1. The van der Waals surface area contributed by atoms with E-state index in [0.717, 1.165) is 30.7 Å². The number of rotatable bonds is 6. The molecule has 5 rings (SSSR count). The molecule has 3 N–H and O–H groups in total. The lowest BCUT2D eigenvalue weighted by Crippen LogP contribution is -2.54. The van der Waals surface area contributed by atoms with E-state index in [0.29, 0.717) is 29.8 Å². The number of amides is 2. The van der Waals surface area contributed by atoms with Crippen molar-refractivity contribution in [3.05, 3.63) is 52.7 Å². The van der Waals surface area contributed by atoms with Gasteiger partial charge in [-0.1, -0.05) is 6.92 Å². The summed E-state index contributed by atoms with van der Waals surface area (Å²) in [7, 11) is 3.76. The van der Waals surface area contributed by atoms with Crippen LogP contribution in [-0.2, 0) is 14.4 Å². The van der Waals surface area contributed by atoms with Gasteiger partial charge in [-0.05, 0) is 63.3 Å². The molecule has 10 heteroatoms. The molecule has 3 heterocycles. The molecule has 2 unspecified atom stereocenters. The van der Waals surface area contributed by atoms with E-state index in [2.05, 4.69) is 16.1 Å². The number of nitrogens with one attached hydrogen (secondary N) is 3. The molecule has 1 saturated heterocycles. The average molecular weight is 497 g/mol. The predicted molar refractivity (Wildman–Crippen MR) is 132 cm³/mol. The fraction of sp³-hybridized carbons (Fsp3) is 0.500. The Balaban J connectivity index is 1.36. The van der Waals surface area contributed by atoms with Gasteiger partial charge in [0.05, 0.1) is 11.2 Å². The predicted octanol–water partition coefficient (Wildman–Crippen LogP) is 2.19. The molecule has 0 bridgehead atoms. The minimum atomic E-state index is -1.04. The summed E-state index contributed by atoms with van der Waals surface area (Å²) in [4.78, 5) is 42.4. The largest absolute Gasteiger partial charge is 0.360 e. The number of halogens is 1. The maximum absolute atomic E-state index is 13.7. The Morgan fingerprint density at radius 3 is 2.53 bits per heavy atom. The first-order valence-corrected chi connectivity index (χ1v) is 12.4. The molecule has 2 fully saturated rings. The van der Waals surface area contributed by atoms with E-state index in [9.17, 15) is 18.8 Å². The number of aryl methyl sites for hydroxylation is 1. The summed E-state index contributed by atoms with van der Waals surface area (Å²) in [5.74, 6) is -2.35. The molecule has 1 aromatic carbocycles. The van der Waals surface area contributed by atoms with Gasteiger partial charge < -0.3 is 21.0 Å². The van der Waals surface area contributed by atoms with Gasteiger partial charge in [0.2, 0.25) is 5.78 Å². The van der Waals surface area contributed by atoms with Crippen LogP contribution in [0, 0.1) is 18.7 Å². The van der Waals surface area contributed by atoms with Crippen molar-refractivity contribution < 1.29 is 18.8 Å². The van der Waals surface area contributed by atoms with Crippen LogP contribution in [0.15, 0.2) is 41.4 Å². The zero-order valence-corrected chi connectivity index (χ0v) is 21.4. The van der Waals surface area contributed by atoms with E-state index in [1.54, 1.807) is 18.1 Å². The third-order valence-corrected chi connectivity index (χ3v) is 8.29. The van der Waals surface area contributed by atoms with Crippen LogP contribution in [-0.4, -0.2) is 64.3 Å². The van der Waals surface area contributed by atoms with Gasteiger partial charge in [-0.2, -0.15) is 0 Å². The summed E-state index contributed by atoms with van der Waals surface area (Å²) in [5.41, 5.74) is 4.57. The highest BCUT2D eigenvalue weighted by Gasteiger charge is 2.57. The molecule has 36 heavy (non-hydrogen) atoms. The third-order valence-electron chi connectivity index (χ3n) is 8.29. The van der Waals surface area contributed by atoms with Gasteiger partial charge in [0.15, 0.2) is 0 Å². The third kappa shape index (κ3) is 3.66. The van der Waals surface area contributed by atoms with Crippen molar-refractivity contribution in [2.75, 3.05) is 26.0 Å². The molecule has 1 aromatic rings. The van der Waals surface area contributed by atoms with Crippen LogP contribution in [0.5, 0.6) is 0 Å². The van der Waals surface area contributed by atoms with Crippen molar-refractivity contribution in [1.82, 2.24) is 25.8 Å². The van der Waals surface area contributed by atoms with Gasteiger partial charge in [-0.3, -0.25) is 19.4 Å². The standard InChI is InChI=1S/C26H33FN6O3/c1-15-13-17(8-9-18(15)27)28-24(36)25(3)16(2)21(19-7-6-12-33(19)25)22(34)23(35)29-26(10-11-26)20-14-31(4)32(5)30-20/h8-9,13-14,16,30H,6-7,10-12H2,1-5H3,(H,28,36)(H,29,35). The molecule has 0 radical (unpaired) electrons. The number of fused-ring (bicyclic) bond motifs is 1. The highest BCUT2D eigenvalue weighted by atomic mass is 19.1. The summed E-state index contributed by atoms with van der Waals surface area (Å²) in [6, 6.07) is 4.43. The van der Waals surface area contributed by atoms with Gasteiger partial charge in [0, 0.05) is 49.7 Å². The molecule has 1 aliphatic carbocycles. The first kappa shape index (κ1) is 24.3. The van der Waals surface area contributed by atoms with Crippen LogP contribution in [0.25, 0.3) is 0 Å². The fourth-order valence-corrected chi connectivity index (χ4v) is 5.63. The van der Waals surface area contributed by atoms with Gasteiger partial charge in [-0.25, -0.2) is 4.39 Å². The second-order valence-electron chi connectivity index (χ2n) is 10.5. The zero-order chi connectivity index (χ0) is 26.0. The Morgan fingerprint density at radius 1 is 1.19 bits per heavy atom. The van der Waals surface area contributed by atoms with Crippen molar-refractivity contribution in [3.63, 3.8) is 0 Å². The molecular formula is C26H33FN6O3. The second kappa shape index (κ2) is 8.33.